The molecule has 1 aliphatic heterocycles. The van der Waals surface area contributed by atoms with Gasteiger partial charge in [0, 0.05) is 61.0 Å². The second-order valence-electron chi connectivity index (χ2n) is 6.20. The molecule has 0 fully saturated rings. The highest BCUT2D eigenvalue weighted by atomic mass is 19.1. The number of ether oxygens (including phenoxy) is 1. The van der Waals surface area contributed by atoms with Gasteiger partial charge in [0.1, 0.15) is 23.1 Å². The minimum absolute atomic E-state index is 0.176. The lowest BCUT2D eigenvalue weighted by molar-refractivity contribution is 0.477. The van der Waals surface area contributed by atoms with E-state index in [4.69, 9.17) is 15.9 Å². The van der Waals surface area contributed by atoms with Crippen LogP contribution in [0.15, 0.2) is 42.5 Å². The first-order valence-corrected chi connectivity index (χ1v) is 8.42. The Balaban J connectivity index is 1.68. The molecule has 4 rings (SSSR count). The highest BCUT2D eigenvalue weighted by Gasteiger charge is 2.15. The Labute approximate surface area is 155 Å². The zero-order valence-corrected chi connectivity index (χ0v) is 14.6. The Morgan fingerprint density at radius 2 is 2.04 bits per heavy atom. The predicted octanol–water partition coefficient (Wildman–Crippen LogP) is 4.23. The van der Waals surface area contributed by atoms with Crippen molar-refractivity contribution in [3.05, 3.63) is 59.4 Å². The van der Waals surface area contributed by atoms with E-state index in [2.05, 4.69) is 21.7 Å². The van der Waals surface area contributed by atoms with Gasteiger partial charge in [-0.3, -0.25) is 0 Å². The van der Waals surface area contributed by atoms with Crippen molar-refractivity contribution in [3.63, 3.8) is 0 Å². The lowest BCUT2D eigenvalue weighted by atomic mass is 10.0. The predicted molar refractivity (Wildman–Crippen MR) is 105 cm³/mol. The Hall–Kier alpha value is -3.61. The normalized spacial score (nSPS) is 11.8. The van der Waals surface area contributed by atoms with Gasteiger partial charge in [0.15, 0.2) is 0 Å². The molecule has 0 radical (unpaired) electrons. The SMILES string of the molecule is CNc1cc(Oc2cc(N)nc(-c3ccc4c(c3)CN4)c2)cc(F)c1C=N. The van der Waals surface area contributed by atoms with Crippen LogP contribution in [-0.4, -0.2) is 18.2 Å². The molecule has 0 bridgehead atoms. The quantitative estimate of drug-likeness (QED) is 0.509. The molecule has 0 aliphatic carbocycles. The van der Waals surface area contributed by atoms with Crippen molar-refractivity contribution in [1.29, 1.82) is 5.41 Å². The summed E-state index contributed by atoms with van der Waals surface area (Å²) in [6.45, 7) is 0.834. The van der Waals surface area contributed by atoms with Crippen molar-refractivity contribution in [1.82, 2.24) is 4.98 Å². The molecule has 2 heterocycles. The summed E-state index contributed by atoms with van der Waals surface area (Å²) < 4.78 is 20.0. The number of nitrogens with two attached hydrogens (primary N) is 1. The first-order chi connectivity index (χ1) is 13.1. The molecule has 0 saturated heterocycles. The third-order valence-electron chi connectivity index (χ3n) is 4.44. The average molecular weight is 363 g/mol. The molecular weight excluding hydrogens is 345 g/mol. The maximum atomic E-state index is 14.2. The van der Waals surface area contributed by atoms with Crippen LogP contribution in [0.3, 0.4) is 0 Å². The van der Waals surface area contributed by atoms with Gasteiger partial charge < -0.3 is 26.5 Å². The summed E-state index contributed by atoms with van der Waals surface area (Å²) in [5, 5.41) is 13.4. The van der Waals surface area contributed by atoms with Gasteiger partial charge in [-0.15, -0.1) is 0 Å². The monoisotopic (exact) mass is 363 g/mol. The number of pyridine rings is 1. The van der Waals surface area contributed by atoms with E-state index in [9.17, 15) is 4.39 Å². The number of nitrogens with zero attached hydrogens (tertiary/aromatic N) is 1. The lowest BCUT2D eigenvalue weighted by Crippen LogP contribution is -2.13. The van der Waals surface area contributed by atoms with Crippen molar-refractivity contribution in [2.75, 3.05) is 23.4 Å². The van der Waals surface area contributed by atoms with Crippen LogP contribution < -0.4 is 21.1 Å². The van der Waals surface area contributed by atoms with Crippen molar-refractivity contribution in [3.8, 4) is 22.8 Å². The molecule has 136 valence electrons. The van der Waals surface area contributed by atoms with E-state index in [1.165, 1.54) is 11.6 Å². The molecule has 7 heteroatoms. The van der Waals surface area contributed by atoms with Gasteiger partial charge in [0.2, 0.25) is 0 Å². The second kappa shape index (κ2) is 6.60. The fourth-order valence-corrected chi connectivity index (χ4v) is 3.03. The molecule has 6 nitrogen and oxygen atoms in total. The summed E-state index contributed by atoms with van der Waals surface area (Å²) >= 11 is 0. The van der Waals surface area contributed by atoms with Gasteiger partial charge in [-0.25, -0.2) is 9.37 Å². The maximum Gasteiger partial charge on any atom is 0.137 e. The molecular formula is C20H18FN5O. The number of halogens is 1. The minimum Gasteiger partial charge on any atom is -0.457 e. The van der Waals surface area contributed by atoms with Crippen molar-refractivity contribution in [2.24, 2.45) is 0 Å². The third-order valence-corrected chi connectivity index (χ3v) is 4.44. The highest BCUT2D eigenvalue weighted by Crippen LogP contribution is 2.34. The van der Waals surface area contributed by atoms with Crippen LogP contribution in [0.25, 0.3) is 11.3 Å². The first-order valence-electron chi connectivity index (χ1n) is 8.42. The second-order valence-corrected chi connectivity index (χ2v) is 6.20. The van der Waals surface area contributed by atoms with Crippen LogP contribution in [0.4, 0.5) is 21.6 Å². The topological polar surface area (TPSA) is 96.1 Å². The largest absolute Gasteiger partial charge is 0.457 e. The summed E-state index contributed by atoms with van der Waals surface area (Å²) in [5.41, 5.74) is 10.6. The fourth-order valence-electron chi connectivity index (χ4n) is 3.03. The van der Waals surface area contributed by atoms with E-state index in [0.29, 0.717) is 28.7 Å². The zero-order chi connectivity index (χ0) is 19.0. The standard InChI is InChI=1S/C20H18FN5O/c1-24-19-7-13(5-16(21)15(19)9-22)27-14-6-18(26-20(23)8-14)11-2-3-17-12(4-11)10-25-17/h2-9,22,24-25H,10H2,1H3,(H2,23,26). The van der Waals surface area contributed by atoms with E-state index in [1.54, 1.807) is 25.2 Å². The number of fused-ring (bicyclic) bond motifs is 1. The van der Waals surface area contributed by atoms with Gasteiger partial charge in [-0.05, 0) is 17.7 Å². The van der Waals surface area contributed by atoms with E-state index in [0.717, 1.165) is 24.0 Å². The first kappa shape index (κ1) is 16.8. The molecule has 27 heavy (non-hydrogen) atoms. The summed E-state index contributed by atoms with van der Waals surface area (Å²) in [5.74, 6) is 0.542. The Kier molecular flexibility index (Phi) is 4.12. The Morgan fingerprint density at radius 1 is 1.22 bits per heavy atom. The number of aromatic nitrogens is 1. The van der Waals surface area contributed by atoms with Gasteiger partial charge in [-0.2, -0.15) is 0 Å². The number of benzene rings is 2. The van der Waals surface area contributed by atoms with Gasteiger partial charge in [0.05, 0.1) is 11.3 Å². The molecule has 0 spiro atoms. The Morgan fingerprint density at radius 3 is 2.70 bits per heavy atom. The van der Waals surface area contributed by atoms with Crippen LogP contribution in [0, 0.1) is 11.2 Å². The number of rotatable bonds is 5. The summed E-state index contributed by atoms with van der Waals surface area (Å²) in [6.07, 6.45) is 0.966. The van der Waals surface area contributed by atoms with E-state index in [1.807, 2.05) is 12.1 Å². The van der Waals surface area contributed by atoms with Crippen LogP contribution >= 0.6 is 0 Å². The zero-order valence-electron chi connectivity index (χ0n) is 14.6. The number of hydrogen-bond donors (Lipinski definition) is 4. The van der Waals surface area contributed by atoms with Crippen LogP contribution in [0.1, 0.15) is 11.1 Å². The molecule has 1 aromatic heterocycles. The summed E-state index contributed by atoms with van der Waals surface area (Å²) in [6, 6.07) is 12.3. The van der Waals surface area contributed by atoms with E-state index < -0.39 is 5.82 Å². The molecule has 0 saturated carbocycles. The third kappa shape index (κ3) is 3.15. The van der Waals surface area contributed by atoms with Crippen LogP contribution in [-0.2, 0) is 6.54 Å². The smallest absolute Gasteiger partial charge is 0.137 e. The van der Waals surface area contributed by atoms with Crippen LogP contribution in [0.5, 0.6) is 11.5 Å². The van der Waals surface area contributed by atoms with Crippen molar-refractivity contribution >= 4 is 23.4 Å². The lowest BCUT2D eigenvalue weighted by Gasteiger charge is -2.22. The average Bonchev–Trinajstić information content (AvgIpc) is 2.61. The molecule has 5 N–H and O–H groups in total. The molecule has 0 unspecified atom stereocenters. The van der Waals surface area contributed by atoms with Gasteiger partial charge in [0.25, 0.3) is 0 Å². The van der Waals surface area contributed by atoms with Crippen LogP contribution in [0.2, 0.25) is 0 Å². The molecule has 0 amide bonds. The summed E-state index contributed by atoms with van der Waals surface area (Å²) in [4.78, 5) is 4.38. The molecule has 1 aliphatic rings. The Bertz CT molecular complexity index is 1050. The molecule has 0 atom stereocenters. The number of nitrogens with one attached hydrogen (secondary N) is 3. The van der Waals surface area contributed by atoms with Gasteiger partial charge in [-0.1, -0.05) is 6.07 Å². The van der Waals surface area contributed by atoms with Gasteiger partial charge >= 0.3 is 0 Å². The maximum absolute atomic E-state index is 14.2. The highest BCUT2D eigenvalue weighted by molar-refractivity contribution is 5.86. The summed E-state index contributed by atoms with van der Waals surface area (Å²) in [7, 11) is 1.66. The number of anilines is 3. The van der Waals surface area contributed by atoms with E-state index >= 15 is 0 Å². The molecule has 2 aromatic carbocycles. The number of hydrogen-bond acceptors (Lipinski definition) is 6. The van der Waals surface area contributed by atoms with Crippen molar-refractivity contribution in [2.45, 2.75) is 6.54 Å². The number of nitrogen functional groups attached to an aromatic ring is 1. The van der Waals surface area contributed by atoms with E-state index in [-0.39, 0.29) is 5.56 Å². The minimum atomic E-state index is -0.538. The van der Waals surface area contributed by atoms with Crippen molar-refractivity contribution < 1.29 is 9.13 Å². The fraction of sp³-hybridized carbons (Fsp3) is 0.100. The molecule has 3 aromatic rings.